The highest BCUT2D eigenvalue weighted by Gasteiger charge is 2.40. The van der Waals surface area contributed by atoms with Gasteiger partial charge in [0.2, 0.25) is 5.82 Å². The van der Waals surface area contributed by atoms with E-state index in [9.17, 15) is 13.2 Å². The third kappa shape index (κ3) is 4.83. The van der Waals surface area contributed by atoms with Crippen LogP contribution >= 0.6 is 0 Å². The maximum absolute atomic E-state index is 13.2. The first-order valence-corrected chi connectivity index (χ1v) is 9.40. The topological polar surface area (TPSA) is 43.2 Å². The lowest BCUT2D eigenvalue weighted by molar-refractivity contribution is -0.149. The Labute approximate surface area is 166 Å². The molecule has 1 atom stereocenters. The van der Waals surface area contributed by atoms with Gasteiger partial charge in [0.15, 0.2) is 5.82 Å². The van der Waals surface area contributed by atoms with Crippen LogP contribution in [-0.4, -0.2) is 32.3 Å². The van der Waals surface area contributed by atoms with Crippen LogP contribution in [0.3, 0.4) is 0 Å². The number of hydrogen-bond acceptors (Lipinski definition) is 4. The molecule has 29 heavy (non-hydrogen) atoms. The molecule has 3 aromatic rings. The third-order valence-corrected chi connectivity index (χ3v) is 4.88. The maximum atomic E-state index is 13.2. The van der Waals surface area contributed by atoms with Crippen molar-refractivity contribution in [2.45, 2.75) is 38.5 Å². The number of hydrogen-bond donors (Lipinski definition) is 0. The van der Waals surface area contributed by atoms with Gasteiger partial charge in [-0.15, -0.1) is 10.2 Å². The van der Waals surface area contributed by atoms with Crippen molar-refractivity contribution in [3.63, 3.8) is 0 Å². The summed E-state index contributed by atoms with van der Waals surface area (Å²) in [5.41, 5.74) is 2.28. The molecule has 0 bridgehead atoms. The molecule has 2 aromatic carbocycles. The summed E-state index contributed by atoms with van der Waals surface area (Å²) in [6.07, 6.45) is -4.91. The second kappa shape index (κ2) is 8.34. The van der Waals surface area contributed by atoms with E-state index in [0.29, 0.717) is 19.6 Å². The van der Waals surface area contributed by atoms with Crippen LogP contribution in [0.2, 0.25) is 0 Å². The molecule has 2 heterocycles. The normalized spacial score (nSPS) is 16.8. The quantitative estimate of drug-likeness (QED) is 0.627. The zero-order valence-electron chi connectivity index (χ0n) is 15.7. The van der Waals surface area contributed by atoms with Crippen molar-refractivity contribution >= 4 is 0 Å². The number of nitrogens with zero attached hydrogens (tertiary/aromatic N) is 4. The van der Waals surface area contributed by atoms with Gasteiger partial charge < -0.3 is 9.30 Å². The summed E-state index contributed by atoms with van der Waals surface area (Å²) in [4.78, 5) is 2.19. The molecule has 0 amide bonds. The second-order valence-corrected chi connectivity index (χ2v) is 7.12. The van der Waals surface area contributed by atoms with E-state index < -0.39 is 12.0 Å². The van der Waals surface area contributed by atoms with Crippen LogP contribution in [0.15, 0.2) is 60.7 Å². The molecule has 152 valence electrons. The number of alkyl halides is 3. The molecule has 0 aliphatic carbocycles. The van der Waals surface area contributed by atoms with Gasteiger partial charge in [-0.05, 0) is 11.1 Å². The average molecular weight is 402 g/mol. The Balaban J connectivity index is 1.51. The van der Waals surface area contributed by atoms with Gasteiger partial charge in [0.1, 0.15) is 6.61 Å². The van der Waals surface area contributed by atoms with Crippen LogP contribution in [0.5, 0.6) is 0 Å². The number of ether oxygens (including phenoxy) is 1. The van der Waals surface area contributed by atoms with Crippen molar-refractivity contribution in [3.8, 4) is 0 Å². The van der Waals surface area contributed by atoms with Crippen LogP contribution in [0, 0.1) is 0 Å². The molecule has 1 aromatic heterocycles. The molecule has 5 nitrogen and oxygen atoms in total. The molecule has 0 saturated carbocycles. The highest BCUT2D eigenvalue weighted by Crippen LogP contribution is 2.30. The van der Waals surface area contributed by atoms with E-state index in [0.717, 1.165) is 15.7 Å². The number of rotatable bonds is 6. The first kappa shape index (κ1) is 19.6. The molecule has 1 unspecified atom stereocenters. The molecular weight excluding hydrogens is 381 g/mol. The Morgan fingerprint density at radius 3 is 2.07 bits per heavy atom. The molecule has 1 aliphatic heterocycles. The zero-order chi connectivity index (χ0) is 20.3. The van der Waals surface area contributed by atoms with E-state index in [2.05, 4.69) is 15.1 Å². The molecule has 0 fully saturated rings. The lowest BCUT2D eigenvalue weighted by atomic mass is 10.1. The standard InChI is InChI=1S/C21H21F3N4O/c22-21(23,24)20-26-25-19-15-29-18(14-28(19)20)13-27(11-16-7-3-1-4-8-16)12-17-9-5-2-6-10-17/h1-10,18H,11-15H2. The number of halogens is 3. The number of aromatic nitrogens is 3. The molecule has 0 N–H and O–H groups in total. The highest BCUT2D eigenvalue weighted by molar-refractivity contribution is 5.17. The fourth-order valence-electron chi connectivity index (χ4n) is 3.56. The van der Waals surface area contributed by atoms with Gasteiger partial charge in [-0.2, -0.15) is 13.2 Å². The van der Waals surface area contributed by atoms with Crippen LogP contribution in [-0.2, 0) is 37.2 Å². The molecule has 0 spiro atoms. The monoisotopic (exact) mass is 402 g/mol. The first-order valence-electron chi connectivity index (χ1n) is 9.40. The van der Waals surface area contributed by atoms with E-state index >= 15 is 0 Å². The minimum atomic E-state index is -4.53. The van der Waals surface area contributed by atoms with E-state index in [1.54, 1.807) is 0 Å². The van der Waals surface area contributed by atoms with E-state index in [-0.39, 0.29) is 25.1 Å². The minimum Gasteiger partial charge on any atom is -0.367 e. The molecule has 1 aliphatic rings. The van der Waals surface area contributed by atoms with Gasteiger partial charge in [-0.25, -0.2) is 0 Å². The molecule has 0 radical (unpaired) electrons. The summed E-state index contributed by atoms with van der Waals surface area (Å²) in [5.74, 6) is -0.746. The van der Waals surface area contributed by atoms with Crippen molar-refractivity contribution < 1.29 is 17.9 Å². The van der Waals surface area contributed by atoms with Crippen molar-refractivity contribution in [2.24, 2.45) is 0 Å². The molecule has 0 saturated heterocycles. The molecule has 8 heteroatoms. The van der Waals surface area contributed by atoms with Gasteiger partial charge >= 0.3 is 6.18 Å². The Morgan fingerprint density at radius 2 is 1.52 bits per heavy atom. The van der Waals surface area contributed by atoms with E-state index in [1.807, 2.05) is 60.7 Å². The second-order valence-electron chi connectivity index (χ2n) is 7.12. The highest BCUT2D eigenvalue weighted by atomic mass is 19.4. The van der Waals surface area contributed by atoms with Gasteiger partial charge in [-0.3, -0.25) is 4.90 Å². The lowest BCUT2D eigenvalue weighted by Gasteiger charge is -2.31. The van der Waals surface area contributed by atoms with Gasteiger partial charge in [0.05, 0.1) is 12.6 Å². The Bertz CT molecular complexity index is 887. The summed E-state index contributed by atoms with van der Waals surface area (Å²) in [7, 11) is 0. The van der Waals surface area contributed by atoms with E-state index in [4.69, 9.17) is 4.74 Å². The van der Waals surface area contributed by atoms with Crippen molar-refractivity contribution in [3.05, 3.63) is 83.4 Å². The Kier molecular flexibility index (Phi) is 5.64. The van der Waals surface area contributed by atoms with Crippen molar-refractivity contribution in [1.29, 1.82) is 0 Å². The summed E-state index contributed by atoms with van der Waals surface area (Å²) in [5, 5.41) is 6.94. The molecular formula is C21H21F3N4O. The summed E-state index contributed by atoms with van der Waals surface area (Å²) >= 11 is 0. The first-order chi connectivity index (χ1) is 14.0. The van der Waals surface area contributed by atoms with Crippen LogP contribution in [0.1, 0.15) is 22.8 Å². The van der Waals surface area contributed by atoms with Gasteiger partial charge in [-0.1, -0.05) is 60.7 Å². The Hall–Kier alpha value is -2.71. The van der Waals surface area contributed by atoms with Crippen LogP contribution in [0.4, 0.5) is 13.2 Å². The maximum Gasteiger partial charge on any atom is 0.451 e. The molecule has 4 rings (SSSR count). The predicted molar refractivity (Wildman–Crippen MR) is 101 cm³/mol. The summed E-state index contributed by atoms with van der Waals surface area (Å²) < 4.78 is 46.5. The Morgan fingerprint density at radius 1 is 0.931 bits per heavy atom. The zero-order valence-corrected chi connectivity index (χ0v) is 15.7. The van der Waals surface area contributed by atoms with Gasteiger partial charge in [0, 0.05) is 19.6 Å². The minimum absolute atomic E-state index is 0.0261. The van der Waals surface area contributed by atoms with E-state index in [1.165, 1.54) is 0 Å². The summed E-state index contributed by atoms with van der Waals surface area (Å²) in [6, 6.07) is 20.0. The lowest BCUT2D eigenvalue weighted by Crippen LogP contribution is -2.39. The number of fused-ring (bicyclic) bond motifs is 1. The van der Waals surface area contributed by atoms with Crippen LogP contribution in [0.25, 0.3) is 0 Å². The summed E-state index contributed by atoms with van der Waals surface area (Å²) in [6.45, 7) is 1.96. The van der Waals surface area contributed by atoms with Crippen molar-refractivity contribution in [1.82, 2.24) is 19.7 Å². The van der Waals surface area contributed by atoms with Crippen LogP contribution < -0.4 is 0 Å². The predicted octanol–water partition coefficient (Wildman–Crippen LogP) is 3.90. The largest absolute Gasteiger partial charge is 0.451 e. The number of benzene rings is 2. The fraction of sp³-hybridized carbons (Fsp3) is 0.333. The SMILES string of the molecule is FC(F)(F)c1nnc2n1CC(CN(Cc1ccccc1)Cc1ccccc1)OC2. The smallest absolute Gasteiger partial charge is 0.367 e. The fourth-order valence-corrected chi connectivity index (χ4v) is 3.56. The van der Waals surface area contributed by atoms with Crippen molar-refractivity contribution in [2.75, 3.05) is 6.54 Å². The van der Waals surface area contributed by atoms with Gasteiger partial charge in [0.25, 0.3) is 0 Å². The third-order valence-electron chi connectivity index (χ3n) is 4.88. The average Bonchev–Trinajstić information content (AvgIpc) is 3.13.